The Morgan fingerprint density at radius 1 is 1.09 bits per heavy atom. The van der Waals surface area contributed by atoms with E-state index in [0.717, 1.165) is 36.3 Å². The summed E-state index contributed by atoms with van der Waals surface area (Å²) in [6, 6.07) is 14.4. The van der Waals surface area contributed by atoms with E-state index in [9.17, 15) is 4.79 Å². The van der Waals surface area contributed by atoms with Crippen molar-refractivity contribution in [2.45, 2.75) is 37.8 Å². The topological polar surface area (TPSA) is 45.2 Å². The van der Waals surface area contributed by atoms with Gasteiger partial charge in [-0.05, 0) is 49.4 Å². The zero-order chi connectivity index (χ0) is 15.6. The van der Waals surface area contributed by atoms with Crippen LogP contribution in [0, 0.1) is 0 Å². The Morgan fingerprint density at radius 2 is 1.91 bits per heavy atom. The molecule has 1 N–H and O–H groups in total. The van der Waals surface area contributed by atoms with Crippen LogP contribution in [-0.4, -0.2) is 28.4 Å². The second kappa shape index (κ2) is 6.03. The van der Waals surface area contributed by atoms with Crippen molar-refractivity contribution in [2.24, 2.45) is 0 Å². The Balaban J connectivity index is 1.51. The number of nitrogens with zero attached hydrogens (tertiary/aromatic N) is 2. The van der Waals surface area contributed by atoms with Gasteiger partial charge in [0.25, 0.3) is 5.91 Å². The molecule has 1 aliphatic carbocycles. The molecule has 1 atom stereocenters. The van der Waals surface area contributed by atoms with E-state index in [2.05, 4.69) is 16.4 Å². The minimum absolute atomic E-state index is 0.119. The van der Waals surface area contributed by atoms with E-state index in [4.69, 9.17) is 0 Å². The lowest BCUT2D eigenvalue weighted by Gasteiger charge is -2.25. The van der Waals surface area contributed by atoms with Crippen LogP contribution >= 0.6 is 0 Å². The van der Waals surface area contributed by atoms with Crippen LogP contribution in [0.2, 0.25) is 0 Å². The molecule has 1 aromatic carbocycles. The molecule has 1 aromatic heterocycles. The Hall–Kier alpha value is -2.36. The number of nitrogens with one attached hydrogen (secondary N) is 1. The first-order valence-corrected chi connectivity index (χ1v) is 8.40. The molecule has 0 unspecified atom stereocenters. The first kappa shape index (κ1) is 14.2. The number of hydrogen-bond donors (Lipinski definition) is 1. The third-order valence-corrected chi connectivity index (χ3v) is 4.63. The molecule has 2 heterocycles. The van der Waals surface area contributed by atoms with Crippen LogP contribution in [0.25, 0.3) is 0 Å². The van der Waals surface area contributed by atoms with Crippen molar-refractivity contribution < 1.29 is 4.79 Å². The van der Waals surface area contributed by atoms with E-state index in [1.54, 1.807) is 0 Å². The molecule has 2 aromatic rings. The van der Waals surface area contributed by atoms with Gasteiger partial charge in [-0.2, -0.15) is 0 Å². The van der Waals surface area contributed by atoms with Crippen molar-refractivity contribution in [1.82, 2.24) is 9.88 Å². The molecule has 1 amide bonds. The quantitative estimate of drug-likeness (QED) is 0.938. The van der Waals surface area contributed by atoms with Gasteiger partial charge < -0.3 is 10.2 Å². The minimum Gasteiger partial charge on any atom is -0.367 e. The maximum Gasteiger partial charge on any atom is 0.254 e. The SMILES string of the molecule is O=C(c1ccccc1)N1CCC[C@H]1c1ccc(NC2CC2)nc1. The highest BCUT2D eigenvalue weighted by atomic mass is 16.2. The Labute approximate surface area is 136 Å². The van der Waals surface area contributed by atoms with Gasteiger partial charge in [-0.1, -0.05) is 24.3 Å². The van der Waals surface area contributed by atoms with Gasteiger partial charge in [0.2, 0.25) is 0 Å². The molecule has 4 nitrogen and oxygen atoms in total. The zero-order valence-electron chi connectivity index (χ0n) is 13.1. The van der Waals surface area contributed by atoms with E-state index in [1.165, 1.54) is 12.8 Å². The second-order valence-corrected chi connectivity index (χ2v) is 6.42. The molecule has 1 saturated heterocycles. The van der Waals surface area contributed by atoms with E-state index in [0.29, 0.717) is 6.04 Å². The number of pyridine rings is 1. The fourth-order valence-electron chi connectivity index (χ4n) is 3.23. The second-order valence-electron chi connectivity index (χ2n) is 6.42. The molecule has 0 spiro atoms. The standard InChI is InChI=1S/C19H21N3O/c23-19(14-5-2-1-3-6-14)22-12-4-7-17(22)15-8-11-18(20-13-15)21-16-9-10-16/h1-3,5-6,8,11,13,16-17H,4,7,9-10,12H2,(H,20,21)/t17-/m0/s1. The Bertz CT molecular complexity index is 680. The molecule has 118 valence electrons. The van der Waals surface area contributed by atoms with E-state index < -0.39 is 0 Å². The zero-order valence-corrected chi connectivity index (χ0v) is 13.1. The summed E-state index contributed by atoms with van der Waals surface area (Å²) in [7, 11) is 0. The predicted molar refractivity (Wildman–Crippen MR) is 90.3 cm³/mol. The summed E-state index contributed by atoms with van der Waals surface area (Å²) in [6.07, 6.45) is 6.46. The third kappa shape index (κ3) is 3.07. The summed E-state index contributed by atoms with van der Waals surface area (Å²) in [5, 5.41) is 3.40. The Morgan fingerprint density at radius 3 is 2.61 bits per heavy atom. The average Bonchev–Trinajstić information content (AvgIpc) is 3.28. The minimum atomic E-state index is 0.119. The van der Waals surface area contributed by atoms with Crippen molar-refractivity contribution in [1.29, 1.82) is 0 Å². The highest BCUT2D eigenvalue weighted by Gasteiger charge is 2.30. The van der Waals surface area contributed by atoms with E-state index in [1.807, 2.05) is 47.5 Å². The number of carbonyl (C=O) groups is 1. The van der Waals surface area contributed by atoms with Crippen LogP contribution in [-0.2, 0) is 0 Å². The van der Waals surface area contributed by atoms with Crippen molar-refractivity contribution in [2.75, 3.05) is 11.9 Å². The predicted octanol–water partition coefficient (Wildman–Crippen LogP) is 3.63. The van der Waals surface area contributed by atoms with Gasteiger partial charge in [-0.15, -0.1) is 0 Å². The largest absolute Gasteiger partial charge is 0.367 e. The molecule has 0 radical (unpaired) electrons. The summed E-state index contributed by atoms with van der Waals surface area (Å²) in [6.45, 7) is 0.820. The molecular weight excluding hydrogens is 286 g/mol. The number of rotatable bonds is 4. The number of amides is 1. The van der Waals surface area contributed by atoms with E-state index in [-0.39, 0.29) is 11.9 Å². The molecule has 1 aliphatic heterocycles. The van der Waals surface area contributed by atoms with Crippen molar-refractivity contribution in [3.8, 4) is 0 Å². The van der Waals surface area contributed by atoms with Crippen LogP contribution in [0.4, 0.5) is 5.82 Å². The summed E-state index contributed by atoms with van der Waals surface area (Å²) in [5.74, 6) is 1.06. The number of anilines is 1. The van der Waals surface area contributed by atoms with Crippen LogP contribution < -0.4 is 5.32 Å². The van der Waals surface area contributed by atoms with Crippen LogP contribution in [0.15, 0.2) is 48.7 Å². The lowest BCUT2D eigenvalue weighted by atomic mass is 10.1. The van der Waals surface area contributed by atoms with Crippen LogP contribution in [0.3, 0.4) is 0 Å². The number of hydrogen-bond acceptors (Lipinski definition) is 3. The summed E-state index contributed by atoms with van der Waals surface area (Å²) >= 11 is 0. The molecule has 4 heteroatoms. The highest BCUT2D eigenvalue weighted by molar-refractivity contribution is 5.94. The highest BCUT2D eigenvalue weighted by Crippen LogP contribution is 2.33. The van der Waals surface area contributed by atoms with Crippen molar-refractivity contribution >= 4 is 11.7 Å². The summed E-state index contributed by atoms with van der Waals surface area (Å²) in [5.41, 5.74) is 1.90. The number of carbonyl (C=O) groups excluding carboxylic acids is 1. The smallest absolute Gasteiger partial charge is 0.254 e. The molecule has 2 aliphatic rings. The van der Waals surface area contributed by atoms with Crippen molar-refractivity contribution in [3.05, 3.63) is 59.8 Å². The van der Waals surface area contributed by atoms with Gasteiger partial charge in [0.15, 0.2) is 0 Å². The van der Waals surface area contributed by atoms with Crippen LogP contribution in [0.5, 0.6) is 0 Å². The van der Waals surface area contributed by atoms with Gasteiger partial charge in [-0.3, -0.25) is 4.79 Å². The molecule has 2 fully saturated rings. The van der Waals surface area contributed by atoms with Crippen molar-refractivity contribution in [3.63, 3.8) is 0 Å². The fraction of sp³-hybridized carbons (Fsp3) is 0.368. The first-order valence-electron chi connectivity index (χ1n) is 8.40. The molecule has 0 bridgehead atoms. The molecule has 4 rings (SSSR count). The number of benzene rings is 1. The monoisotopic (exact) mass is 307 g/mol. The lowest BCUT2D eigenvalue weighted by molar-refractivity contribution is 0.0735. The van der Waals surface area contributed by atoms with Gasteiger partial charge in [0.05, 0.1) is 6.04 Å². The molecule has 1 saturated carbocycles. The normalized spacial score (nSPS) is 20.5. The Kier molecular flexibility index (Phi) is 3.74. The van der Waals surface area contributed by atoms with Gasteiger partial charge in [0, 0.05) is 24.3 Å². The lowest BCUT2D eigenvalue weighted by Crippen LogP contribution is -2.30. The third-order valence-electron chi connectivity index (χ3n) is 4.63. The maximum atomic E-state index is 12.7. The van der Waals surface area contributed by atoms with Gasteiger partial charge in [-0.25, -0.2) is 4.98 Å². The number of aromatic nitrogens is 1. The van der Waals surface area contributed by atoms with Gasteiger partial charge in [0.1, 0.15) is 5.82 Å². The molecular formula is C19H21N3O. The summed E-state index contributed by atoms with van der Waals surface area (Å²) in [4.78, 5) is 19.3. The van der Waals surface area contributed by atoms with Gasteiger partial charge >= 0.3 is 0 Å². The fourth-order valence-corrected chi connectivity index (χ4v) is 3.23. The number of likely N-dealkylation sites (tertiary alicyclic amines) is 1. The maximum absolute atomic E-state index is 12.7. The van der Waals surface area contributed by atoms with E-state index >= 15 is 0 Å². The first-order chi connectivity index (χ1) is 11.3. The molecule has 23 heavy (non-hydrogen) atoms. The van der Waals surface area contributed by atoms with Crippen LogP contribution in [0.1, 0.15) is 47.6 Å². The summed E-state index contributed by atoms with van der Waals surface area (Å²) < 4.78 is 0. The average molecular weight is 307 g/mol.